The summed E-state index contributed by atoms with van der Waals surface area (Å²) in [5.41, 5.74) is 0.722. The fourth-order valence-electron chi connectivity index (χ4n) is 1.93. The van der Waals surface area contributed by atoms with E-state index in [-0.39, 0.29) is 0 Å². The highest BCUT2D eigenvalue weighted by Gasteiger charge is 2.21. The molecule has 2 unspecified atom stereocenters. The van der Waals surface area contributed by atoms with Crippen molar-refractivity contribution < 1.29 is 5.11 Å². The molecule has 0 radical (unpaired) electrons. The van der Waals surface area contributed by atoms with E-state index in [0.29, 0.717) is 12.6 Å². The molecule has 0 bridgehead atoms. The lowest BCUT2D eigenvalue weighted by Gasteiger charge is -2.25. The Labute approximate surface area is 113 Å². The van der Waals surface area contributed by atoms with Gasteiger partial charge in [-0.05, 0) is 45.6 Å². The average molecular weight is 273 g/mol. The highest BCUT2D eigenvalue weighted by molar-refractivity contribution is 7.98. The molecule has 0 aliphatic heterocycles. The van der Waals surface area contributed by atoms with E-state index in [1.165, 1.54) is 15.3 Å². The summed E-state index contributed by atoms with van der Waals surface area (Å²) >= 11 is 3.51. The molecule has 2 atom stereocenters. The molecule has 2 N–H and O–H groups in total. The van der Waals surface area contributed by atoms with Gasteiger partial charge in [0.15, 0.2) is 0 Å². The van der Waals surface area contributed by atoms with Crippen molar-refractivity contribution in [2.24, 2.45) is 0 Å². The summed E-state index contributed by atoms with van der Waals surface area (Å²) in [6.45, 7) is 8.96. The molecule has 0 spiro atoms. The highest BCUT2D eigenvalue weighted by atomic mass is 32.2. The van der Waals surface area contributed by atoms with Crippen molar-refractivity contribution in [2.45, 2.75) is 39.3 Å². The number of aliphatic hydroxyl groups is 1. The zero-order chi connectivity index (χ0) is 13.1. The van der Waals surface area contributed by atoms with Crippen LogP contribution >= 0.6 is 23.1 Å². The lowest BCUT2D eigenvalue weighted by Crippen LogP contribution is -2.40. The van der Waals surface area contributed by atoms with E-state index in [1.807, 2.05) is 24.5 Å². The molecule has 0 saturated heterocycles. The summed E-state index contributed by atoms with van der Waals surface area (Å²) in [5, 5.41) is 13.5. The van der Waals surface area contributed by atoms with Crippen LogP contribution in [0.4, 0.5) is 0 Å². The van der Waals surface area contributed by atoms with Gasteiger partial charge in [-0.25, -0.2) is 0 Å². The van der Waals surface area contributed by atoms with E-state index in [4.69, 9.17) is 0 Å². The largest absolute Gasteiger partial charge is 0.388 e. The third-order valence-corrected chi connectivity index (χ3v) is 4.68. The lowest BCUT2D eigenvalue weighted by atomic mass is 10.1. The summed E-state index contributed by atoms with van der Waals surface area (Å²) in [7, 11) is 0. The summed E-state index contributed by atoms with van der Waals surface area (Å²) in [5.74, 6) is 0.758. The van der Waals surface area contributed by atoms with Crippen LogP contribution in [-0.2, 0) is 0 Å². The van der Waals surface area contributed by atoms with Crippen LogP contribution in [0.5, 0.6) is 0 Å². The minimum absolute atomic E-state index is 0.299. The fraction of sp³-hybridized carbons (Fsp3) is 0.692. The van der Waals surface area contributed by atoms with E-state index >= 15 is 0 Å². The maximum atomic E-state index is 10.1. The smallest absolute Gasteiger partial charge is 0.0833 e. The van der Waals surface area contributed by atoms with Crippen LogP contribution in [0.3, 0.4) is 0 Å². The van der Waals surface area contributed by atoms with Crippen molar-refractivity contribution in [3.63, 3.8) is 0 Å². The van der Waals surface area contributed by atoms with E-state index in [9.17, 15) is 5.11 Å². The van der Waals surface area contributed by atoms with E-state index < -0.39 is 5.60 Å². The van der Waals surface area contributed by atoms with Crippen molar-refractivity contribution >= 4 is 23.1 Å². The summed E-state index contributed by atoms with van der Waals surface area (Å²) in [4.78, 5) is 2.72. The maximum absolute atomic E-state index is 10.1. The Morgan fingerprint density at radius 3 is 2.65 bits per heavy atom. The van der Waals surface area contributed by atoms with Crippen LogP contribution in [0.15, 0.2) is 6.07 Å². The first-order valence-electron chi connectivity index (χ1n) is 5.87. The average Bonchev–Trinajstić information content (AvgIpc) is 2.54. The molecule has 4 heteroatoms. The van der Waals surface area contributed by atoms with Gasteiger partial charge in [0.25, 0.3) is 0 Å². The van der Waals surface area contributed by atoms with Crippen LogP contribution in [0.2, 0.25) is 0 Å². The minimum Gasteiger partial charge on any atom is -0.388 e. The molecular weight excluding hydrogens is 250 g/mol. The van der Waals surface area contributed by atoms with Crippen molar-refractivity contribution in [1.29, 1.82) is 0 Å². The summed E-state index contributed by atoms with van der Waals surface area (Å²) < 4.78 is 0. The Morgan fingerprint density at radius 2 is 2.18 bits per heavy atom. The Balaban J connectivity index is 2.55. The first-order chi connectivity index (χ1) is 7.85. The van der Waals surface area contributed by atoms with Gasteiger partial charge < -0.3 is 10.4 Å². The van der Waals surface area contributed by atoms with Gasteiger partial charge in [0.1, 0.15) is 0 Å². The number of hydrogen-bond donors (Lipinski definition) is 2. The van der Waals surface area contributed by atoms with E-state index in [1.54, 1.807) is 11.8 Å². The molecule has 1 rings (SSSR count). The predicted octanol–water partition coefficient (Wildman–Crippen LogP) is 3.13. The normalized spacial score (nSPS) is 16.8. The van der Waals surface area contributed by atoms with Crippen molar-refractivity contribution in [2.75, 3.05) is 18.6 Å². The van der Waals surface area contributed by atoms with Crippen LogP contribution < -0.4 is 5.32 Å². The van der Waals surface area contributed by atoms with Crippen molar-refractivity contribution in [1.82, 2.24) is 5.32 Å². The predicted molar refractivity (Wildman–Crippen MR) is 79.2 cm³/mol. The van der Waals surface area contributed by atoms with E-state index in [0.717, 1.165) is 5.75 Å². The van der Waals surface area contributed by atoms with Crippen molar-refractivity contribution in [3.05, 3.63) is 21.4 Å². The number of rotatable bonds is 6. The molecule has 2 nitrogen and oxygen atoms in total. The quantitative estimate of drug-likeness (QED) is 0.835. The Morgan fingerprint density at radius 1 is 1.53 bits per heavy atom. The molecule has 0 aromatic carbocycles. The standard InChI is InChI=1S/C13H23NOS2/c1-9-6-12(11(3)17-9)10(2)14-7-13(4,15)8-16-5/h6,10,14-15H,7-8H2,1-5H3. The molecule has 0 fully saturated rings. The Bertz CT molecular complexity index is 360. The number of hydrogen-bond acceptors (Lipinski definition) is 4. The molecule has 0 aliphatic rings. The molecule has 1 aromatic heterocycles. The van der Waals surface area contributed by atoms with Gasteiger partial charge in [-0.1, -0.05) is 0 Å². The molecule has 1 aromatic rings. The van der Waals surface area contributed by atoms with Gasteiger partial charge in [0.2, 0.25) is 0 Å². The molecule has 0 amide bonds. The van der Waals surface area contributed by atoms with Gasteiger partial charge in [-0.15, -0.1) is 11.3 Å². The second kappa shape index (κ2) is 6.23. The highest BCUT2D eigenvalue weighted by Crippen LogP contribution is 2.26. The topological polar surface area (TPSA) is 32.3 Å². The van der Waals surface area contributed by atoms with Gasteiger partial charge in [0, 0.05) is 28.1 Å². The van der Waals surface area contributed by atoms with Crippen LogP contribution in [-0.4, -0.2) is 29.3 Å². The van der Waals surface area contributed by atoms with Crippen LogP contribution in [0, 0.1) is 13.8 Å². The van der Waals surface area contributed by atoms with Gasteiger partial charge in [-0.3, -0.25) is 0 Å². The van der Waals surface area contributed by atoms with Crippen LogP contribution in [0.1, 0.15) is 35.2 Å². The summed E-state index contributed by atoms with van der Waals surface area (Å²) in [6, 6.07) is 2.54. The summed E-state index contributed by atoms with van der Waals surface area (Å²) in [6.07, 6.45) is 2.02. The second-order valence-electron chi connectivity index (χ2n) is 4.90. The molecule has 1 heterocycles. The van der Waals surface area contributed by atoms with Gasteiger partial charge in [0.05, 0.1) is 5.60 Å². The first kappa shape index (κ1) is 15.0. The number of aryl methyl sites for hydroxylation is 2. The molecule has 17 heavy (non-hydrogen) atoms. The minimum atomic E-state index is -0.632. The monoisotopic (exact) mass is 273 g/mol. The van der Waals surface area contributed by atoms with Crippen LogP contribution in [0.25, 0.3) is 0 Å². The first-order valence-corrected chi connectivity index (χ1v) is 8.08. The van der Waals surface area contributed by atoms with Gasteiger partial charge >= 0.3 is 0 Å². The molecule has 0 saturated carbocycles. The zero-order valence-electron chi connectivity index (χ0n) is 11.3. The lowest BCUT2D eigenvalue weighted by molar-refractivity contribution is 0.0820. The number of thioether (sulfide) groups is 1. The Hall–Kier alpha value is -0.0300. The Kier molecular flexibility index (Phi) is 5.51. The molecular formula is C13H23NOS2. The number of nitrogens with one attached hydrogen (secondary N) is 1. The maximum Gasteiger partial charge on any atom is 0.0833 e. The zero-order valence-corrected chi connectivity index (χ0v) is 13.0. The molecule has 0 aliphatic carbocycles. The SMILES string of the molecule is CSCC(C)(O)CNC(C)c1cc(C)sc1C. The number of thiophene rings is 1. The second-order valence-corrected chi connectivity index (χ2v) is 7.23. The van der Waals surface area contributed by atoms with E-state index in [2.05, 4.69) is 32.2 Å². The van der Waals surface area contributed by atoms with Crippen molar-refractivity contribution in [3.8, 4) is 0 Å². The third-order valence-electron chi connectivity index (χ3n) is 2.79. The molecule has 98 valence electrons. The fourth-order valence-corrected chi connectivity index (χ4v) is 3.67. The van der Waals surface area contributed by atoms with Gasteiger partial charge in [-0.2, -0.15) is 11.8 Å². The third kappa shape index (κ3) is 4.62.